The van der Waals surface area contributed by atoms with Crippen molar-refractivity contribution in [1.29, 1.82) is 0 Å². The van der Waals surface area contributed by atoms with Crippen LogP contribution in [0.15, 0.2) is 75.3 Å². The second-order valence-electron chi connectivity index (χ2n) is 15.6. The van der Waals surface area contributed by atoms with Crippen LogP contribution in [0.1, 0.15) is 46.7 Å². The summed E-state index contributed by atoms with van der Waals surface area (Å²) in [7, 11) is -15.2. The van der Waals surface area contributed by atoms with E-state index in [4.69, 9.17) is 39.5 Å². The minimum absolute atomic E-state index is 0.0212. The van der Waals surface area contributed by atoms with Gasteiger partial charge in [0.1, 0.15) is 28.9 Å². The van der Waals surface area contributed by atoms with E-state index >= 15 is 0 Å². The number of piperazine rings is 1. The van der Waals surface area contributed by atoms with Gasteiger partial charge in [-0.05, 0) is 55.4 Å². The number of rotatable bonds is 19. The van der Waals surface area contributed by atoms with Crippen molar-refractivity contribution in [3.05, 3.63) is 87.3 Å². The predicted octanol–water partition coefficient (Wildman–Crippen LogP) is 3.01. The second-order valence-corrected chi connectivity index (χ2v) is 23.3. The van der Waals surface area contributed by atoms with E-state index in [1.54, 1.807) is 19.1 Å². The van der Waals surface area contributed by atoms with E-state index in [0.29, 0.717) is 96.7 Å². The summed E-state index contributed by atoms with van der Waals surface area (Å²) in [6, 6.07) is 14.6. The van der Waals surface area contributed by atoms with Gasteiger partial charge in [0.15, 0.2) is 5.13 Å². The van der Waals surface area contributed by atoms with E-state index in [1.807, 2.05) is 25.1 Å². The summed E-state index contributed by atoms with van der Waals surface area (Å²) in [5.41, 5.74) is 1.41. The molecule has 28 nitrogen and oxygen atoms in total. The molecule has 5 N–H and O–H groups in total. The fourth-order valence-electron chi connectivity index (χ4n) is 5.93. The summed E-state index contributed by atoms with van der Waals surface area (Å²) in [6.45, 7) is 7.18. The summed E-state index contributed by atoms with van der Waals surface area (Å²) in [6.07, 6.45) is 4.09. The number of aryl methyl sites for hydroxylation is 2. The molecule has 0 radical (unpaired) electrons. The van der Waals surface area contributed by atoms with E-state index in [0.717, 1.165) is 11.4 Å². The van der Waals surface area contributed by atoms with E-state index < -0.39 is 63.0 Å². The SMILES string of the molecule is CS(=O)(=O)O.CS(=O)(=O)O.CS(=O)(=O)O.Cc1nc(Nc2ncc(C(=O)Nc3c(C)cccc3Cl)s2)cc(N2CCN(CCOC(=O)CCC(=O)OCCCCOc3no[n+]([O-])c3S(=O)(=O)c3ccccc3)CC2)n1. The fourth-order valence-corrected chi connectivity index (χ4v) is 8.21. The number of unbranched alkanes of at least 4 members (excludes halogenated alkanes) is 1. The number of anilines is 4. The summed E-state index contributed by atoms with van der Waals surface area (Å²) < 4.78 is 124. The van der Waals surface area contributed by atoms with Gasteiger partial charge >= 0.3 is 22.8 Å². The number of hydrogen-bond acceptors (Lipinski definition) is 24. The van der Waals surface area contributed by atoms with Gasteiger partial charge in [0.05, 0.1) is 71.8 Å². The Balaban J connectivity index is 0.000000867. The Bertz CT molecular complexity index is 3040. The molecule has 0 atom stereocenters. The molecule has 4 heterocycles. The molecule has 5 aromatic rings. The van der Waals surface area contributed by atoms with Crippen LogP contribution in [0.3, 0.4) is 0 Å². The molecule has 6 rings (SSSR count). The topological polar surface area (TPSA) is 398 Å². The molecule has 3 aromatic heterocycles. The van der Waals surface area contributed by atoms with Crippen LogP contribution in [0.2, 0.25) is 5.02 Å². The summed E-state index contributed by atoms with van der Waals surface area (Å²) in [5.74, 6) is 0.00115. The molecular formula is C41H54ClN9O19S5. The highest BCUT2D eigenvalue weighted by atomic mass is 35.5. The zero-order valence-corrected chi connectivity index (χ0v) is 45.5. The normalized spacial score (nSPS) is 12.8. The van der Waals surface area contributed by atoms with E-state index in [2.05, 4.69) is 45.2 Å². The van der Waals surface area contributed by atoms with Crippen LogP contribution in [-0.4, -0.2) is 161 Å². The molecule has 2 aromatic carbocycles. The maximum atomic E-state index is 12.9. The van der Waals surface area contributed by atoms with Gasteiger partial charge in [0.2, 0.25) is 0 Å². The molecule has 0 aliphatic carbocycles. The fraction of sp³-hybridized carbons (Fsp3) is 0.415. The monoisotopic (exact) mass is 1170 g/mol. The first kappa shape index (κ1) is 63.1. The molecule has 75 heavy (non-hydrogen) atoms. The van der Waals surface area contributed by atoms with Crippen LogP contribution in [0.5, 0.6) is 5.88 Å². The maximum absolute atomic E-state index is 12.9. The second kappa shape index (κ2) is 29.2. The summed E-state index contributed by atoms with van der Waals surface area (Å²) in [4.78, 5) is 55.2. The number of hydrogen-bond donors (Lipinski definition) is 5. The number of carbonyl (C=O) groups is 3. The molecule has 1 saturated heterocycles. The van der Waals surface area contributed by atoms with Crippen LogP contribution in [0.25, 0.3) is 0 Å². The Morgan fingerprint density at radius 1 is 0.813 bits per heavy atom. The third-order valence-electron chi connectivity index (χ3n) is 9.04. The predicted molar refractivity (Wildman–Crippen MR) is 271 cm³/mol. The minimum atomic E-state index is -4.23. The maximum Gasteiger partial charge on any atom is 0.414 e. The van der Waals surface area contributed by atoms with Crippen molar-refractivity contribution >= 4 is 103 Å². The van der Waals surface area contributed by atoms with Gasteiger partial charge in [-0.25, -0.2) is 23.4 Å². The lowest BCUT2D eigenvalue weighted by atomic mass is 10.2. The number of halogens is 1. The van der Waals surface area contributed by atoms with Crippen molar-refractivity contribution < 1.29 is 85.5 Å². The molecule has 1 aliphatic heterocycles. The van der Waals surface area contributed by atoms with Gasteiger partial charge in [-0.3, -0.25) is 37.6 Å². The zero-order valence-electron chi connectivity index (χ0n) is 40.7. The number of aromatic nitrogens is 5. The highest BCUT2D eigenvalue weighted by molar-refractivity contribution is 7.91. The Morgan fingerprint density at radius 2 is 1.39 bits per heavy atom. The summed E-state index contributed by atoms with van der Waals surface area (Å²) in [5, 5.41) is 21.6. The first-order valence-corrected chi connectivity index (χ1v) is 29.8. The standard InChI is InChI=1S/C38H42ClN9O10S2.3CH4O3S/c1-25-9-8-12-28(39)34(25)44-35(51)29-24-40-38(59-29)43-30-23-31(42-26(2)41-30)47-17-15-46(16-18-47)19-22-56-33(50)14-13-32(49)55-20-6-7-21-57-36-37(48(52)58-45-36)60(53,54)27-10-4-3-5-11-27;3*1-5(2,3)4/h3-5,8-12,23-24H,6-7,13-22H2,1-2H3,(H,44,51)(H,40,41,42,43);3*1H3,(H,2,3,4). The largest absolute Gasteiger partial charge is 0.466 e. The van der Waals surface area contributed by atoms with Gasteiger partial charge < -0.3 is 35.0 Å². The zero-order chi connectivity index (χ0) is 56.1. The van der Waals surface area contributed by atoms with E-state index in [1.165, 1.54) is 41.8 Å². The number of nitrogens with one attached hydrogen (secondary N) is 2. The van der Waals surface area contributed by atoms with Crippen molar-refractivity contribution in [1.82, 2.24) is 25.0 Å². The Kier molecular flexibility index (Phi) is 24.6. The Hall–Kier alpha value is -6.17. The van der Waals surface area contributed by atoms with Gasteiger partial charge in [0, 0.05) is 38.8 Å². The number of para-hydroxylation sites is 1. The van der Waals surface area contributed by atoms with Crippen molar-refractivity contribution in [3.63, 3.8) is 0 Å². The third-order valence-corrected chi connectivity index (χ3v) is 12.0. The molecule has 0 spiro atoms. The van der Waals surface area contributed by atoms with Gasteiger partial charge in [-0.2, -0.15) is 25.3 Å². The number of ether oxygens (including phenoxy) is 3. The lowest BCUT2D eigenvalue weighted by Gasteiger charge is -2.35. The number of thiazole rings is 1. The average molecular weight is 1170 g/mol. The van der Waals surface area contributed by atoms with Crippen LogP contribution in [0, 0.1) is 19.1 Å². The highest BCUT2D eigenvalue weighted by Crippen LogP contribution is 2.29. The van der Waals surface area contributed by atoms with E-state index in [-0.39, 0.29) is 48.4 Å². The number of sulfone groups is 1. The van der Waals surface area contributed by atoms with Gasteiger partial charge in [0.25, 0.3) is 46.1 Å². The van der Waals surface area contributed by atoms with Crippen molar-refractivity contribution in [2.24, 2.45) is 0 Å². The molecular weight excluding hydrogens is 1120 g/mol. The van der Waals surface area contributed by atoms with Crippen LogP contribution in [-0.2, 0) is 59.3 Å². The van der Waals surface area contributed by atoms with Crippen molar-refractivity contribution in [2.45, 2.75) is 49.5 Å². The number of esters is 2. The molecule has 0 saturated carbocycles. The number of nitrogens with zero attached hydrogens (tertiary/aromatic N) is 7. The van der Waals surface area contributed by atoms with Crippen LogP contribution < -0.4 is 25.2 Å². The quantitative estimate of drug-likeness (QED) is 0.0343. The molecule has 1 amide bonds. The average Bonchev–Trinajstić information content (AvgIpc) is 3.93. The number of amides is 1. The van der Waals surface area contributed by atoms with Gasteiger partial charge in [-0.1, -0.05) is 53.3 Å². The number of carbonyl (C=O) groups excluding carboxylic acids is 3. The van der Waals surface area contributed by atoms with Gasteiger partial charge in [-0.15, -0.1) is 0 Å². The number of benzene rings is 2. The molecule has 414 valence electrons. The molecule has 34 heteroatoms. The van der Waals surface area contributed by atoms with Crippen LogP contribution in [0.4, 0.5) is 22.5 Å². The third kappa shape index (κ3) is 25.3. The van der Waals surface area contributed by atoms with Crippen molar-refractivity contribution in [2.75, 3.05) is 86.8 Å². The smallest absolute Gasteiger partial charge is 0.414 e. The first-order valence-electron chi connectivity index (χ1n) is 21.6. The Morgan fingerprint density at radius 3 is 1.97 bits per heavy atom. The van der Waals surface area contributed by atoms with Crippen LogP contribution >= 0.6 is 22.9 Å². The lowest BCUT2D eigenvalue weighted by Crippen LogP contribution is -2.47. The Labute approximate surface area is 441 Å². The highest BCUT2D eigenvalue weighted by Gasteiger charge is 2.35. The molecule has 0 unspecified atom stereocenters. The molecule has 1 fully saturated rings. The first-order chi connectivity index (χ1) is 34.9. The minimum Gasteiger partial charge on any atom is -0.466 e. The lowest BCUT2D eigenvalue weighted by molar-refractivity contribution is -0.832. The van der Waals surface area contributed by atoms with E-state index in [9.17, 15) is 53.3 Å². The van der Waals surface area contributed by atoms with Crippen molar-refractivity contribution in [3.8, 4) is 5.88 Å². The molecule has 1 aliphatic rings. The summed E-state index contributed by atoms with van der Waals surface area (Å²) >= 11 is 7.46. The molecule has 0 bridgehead atoms.